The van der Waals surface area contributed by atoms with Gasteiger partial charge in [-0.15, -0.1) is 0 Å². The van der Waals surface area contributed by atoms with E-state index in [0.29, 0.717) is 5.75 Å². The molecule has 1 unspecified atom stereocenters. The van der Waals surface area contributed by atoms with E-state index >= 15 is 0 Å². The van der Waals surface area contributed by atoms with Gasteiger partial charge in [-0.3, -0.25) is 9.19 Å². The van der Waals surface area contributed by atoms with Gasteiger partial charge < -0.3 is 0 Å². The van der Waals surface area contributed by atoms with Crippen LogP contribution in [0.2, 0.25) is 0 Å². The summed E-state index contributed by atoms with van der Waals surface area (Å²) in [7, 11) is -0.873. The third-order valence-electron chi connectivity index (χ3n) is 3.29. The van der Waals surface area contributed by atoms with E-state index in [0.717, 1.165) is 16.9 Å². The molecule has 0 saturated heterocycles. The zero-order valence-corrected chi connectivity index (χ0v) is 12.5. The SMILES string of the molecule is CCS(=O)c1ccc(Cc2cnccc2C)cc1C. The lowest BCUT2D eigenvalue weighted by Gasteiger charge is -2.09. The molecule has 2 nitrogen and oxygen atoms in total. The van der Waals surface area contributed by atoms with Gasteiger partial charge in [-0.1, -0.05) is 19.1 Å². The Morgan fingerprint density at radius 1 is 1.16 bits per heavy atom. The first-order valence-corrected chi connectivity index (χ1v) is 7.81. The maximum absolute atomic E-state index is 11.9. The number of rotatable bonds is 4. The summed E-state index contributed by atoms with van der Waals surface area (Å²) in [6.45, 7) is 6.08. The maximum Gasteiger partial charge on any atom is 0.0529 e. The van der Waals surface area contributed by atoms with Crippen molar-refractivity contribution in [2.45, 2.75) is 32.1 Å². The first-order valence-electron chi connectivity index (χ1n) is 6.49. The zero-order chi connectivity index (χ0) is 13.8. The minimum absolute atomic E-state index is 0.669. The van der Waals surface area contributed by atoms with Crippen LogP contribution in [0.4, 0.5) is 0 Å². The molecule has 0 aliphatic heterocycles. The average molecular weight is 273 g/mol. The second kappa shape index (κ2) is 6.11. The van der Waals surface area contributed by atoms with Gasteiger partial charge in [-0.25, -0.2) is 0 Å². The van der Waals surface area contributed by atoms with Crippen molar-refractivity contribution >= 4 is 10.8 Å². The molecule has 2 rings (SSSR count). The highest BCUT2D eigenvalue weighted by Crippen LogP contribution is 2.18. The van der Waals surface area contributed by atoms with E-state index < -0.39 is 10.8 Å². The molecule has 0 fully saturated rings. The van der Waals surface area contributed by atoms with Crippen molar-refractivity contribution in [2.75, 3.05) is 5.75 Å². The maximum atomic E-state index is 11.9. The Labute approximate surface area is 117 Å². The van der Waals surface area contributed by atoms with Gasteiger partial charge in [0.1, 0.15) is 0 Å². The molecule has 1 aromatic heterocycles. The number of hydrogen-bond donors (Lipinski definition) is 0. The normalized spacial score (nSPS) is 12.4. The zero-order valence-electron chi connectivity index (χ0n) is 11.6. The fourth-order valence-electron chi connectivity index (χ4n) is 2.13. The van der Waals surface area contributed by atoms with Gasteiger partial charge in [0.25, 0.3) is 0 Å². The van der Waals surface area contributed by atoms with Crippen LogP contribution < -0.4 is 0 Å². The first-order chi connectivity index (χ1) is 9.11. The van der Waals surface area contributed by atoms with E-state index in [9.17, 15) is 4.21 Å². The van der Waals surface area contributed by atoms with E-state index in [4.69, 9.17) is 0 Å². The van der Waals surface area contributed by atoms with Crippen LogP contribution in [0.5, 0.6) is 0 Å². The van der Waals surface area contributed by atoms with Gasteiger partial charge >= 0.3 is 0 Å². The van der Waals surface area contributed by atoms with Crippen LogP contribution in [0.3, 0.4) is 0 Å². The predicted molar refractivity (Wildman–Crippen MR) is 79.9 cm³/mol. The van der Waals surface area contributed by atoms with Crippen LogP contribution in [0.1, 0.15) is 29.2 Å². The highest BCUT2D eigenvalue weighted by molar-refractivity contribution is 7.85. The number of pyridine rings is 1. The van der Waals surface area contributed by atoms with Crippen molar-refractivity contribution in [2.24, 2.45) is 0 Å². The Morgan fingerprint density at radius 2 is 1.95 bits per heavy atom. The topological polar surface area (TPSA) is 30.0 Å². The van der Waals surface area contributed by atoms with Crippen molar-refractivity contribution in [3.05, 3.63) is 58.9 Å². The Balaban J connectivity index is 2.26. The molecule has 19 heavy (non-hydrogen) atoms. The van der Waals surface area contributed by atoms with Crippen LogP contribution in [-0.4, -0.2) is 14.9 Å². The molecule has 1 aromatic carbocycles. The van der Waals surface area contributed by atoms with Crippen LogP contribution in [-0.2, 0) is 17.2 Å². The minimum Gasteiger partial charge on any atom is -0.264 e. The number of aromatic nitrogens is 1. The first kappa shape index (κ1) is 13.9. The molecule has 1 atom stereocenters. The smallest absolute Gasteiger partial charge is 0.0529 e. The molecule has 2 aromatic rings. The Hall–Kier alpha value is -1.48. The molecule has 0 saturated carbocycles. The number of nitrogens with zero attached hydrogens (tertiary/aromatic N) is 1. The standard InChI is InChI=1S/C16H19NOS/c1-4-19(18)16-6-5-14(9-13(16)3)10-15-11-17-8-7-12(15)2/h5-9,11H,4,10H2,1-3H3. The van der Waals surface area contributed by atoms with Crippen LogP contribution >= 0.6 is 0 Å². The summed E-state index contributed by atoms with van der Waals surface area (Å²) < 4.78 is 11.9. The van der Waals surface area contributed by atoms with Crippen molar-refractivity contribution in [3.8, 4) is 0 Å². The highest BCUT2D eigenvalue weighted by atomic mass is 32.2. The van der Waals surface area contributed by atoms with E-state index in [1.165, 1.54) is 16.7 Å². The number of aryl methyl sites for hydroxylation is 2. The van der Waals surface area contributed by atoms with E-state index in [1.54, 1.807) is 0 Å². The quantitative estimate of drug-likeness (QED) is 0.854. The lowest BCUT2D eigenvalue weighted by molar-refractivity contribution is 0.683. The fraction of sp³-hybridized carbons (Fsp3) is 0.312. The van der Waals surface area contributed by atoms with Crippen LogP contribution in [0, 0.1) is 13.8 Å². The monoisotopic (exact) mass is 273 g/mol. The van der Waals surface area contributed by atoms with Crippen LogP contribution in [0.15, 0.2) is 41.6 Å². The fourth-order valence-corrected chi connectivity index (χ4v) is 3.08. The summed E-state index contributed by atoms with van der Waals surface area (Å²) >= 11 is 0. The van der Waals surface area contributed by atoms with Gasteiger partial charge in [0.15, 0.2) is 0 Å². The van der Waals surface area contributed by atoms with Gasteiger partial charge in [0.2, 0.25) is 0 Å². The van der Waals surface area contributed by atoms with E-state index in [2.05, 4.69) is 24.0 Å². The molecule has 3 heteroatoms. The van der Waals surface area contributed by atoms with Crippen molar-refractivity contribution in [3.63, 3.8) is 0 Å². The summed E-state index contributed by atoms with van der Waals surface area (Å²) in [5.41, 5.74) is 4.85. The predicted octanol–water partition coefficient (Wildman–Crippen LogP) is 3.42. The summed E-state index contributed by atoms with van der Waals surface area (Å²) in [6.07, 6.45) is 4.61. The average Bonchev–Trinajstić information content (AvgIpc) is 2.41. The summed E-state index contributed by atoms with van der Waals surface area (Å²) in [5.74, 6) is 0.669. The van der Waals surface area contributed by atoms with Crippen molar-refractivity contribution < 1.29 is 4.21 Å². The van der Waals surface area contributed by atoms with Crippen molar-refractivity contribution in [1.82, 2.24) is 4.98 Å². The summed E-state index contributed by atoms with van der Waals surface area (Å²) in [4.78, 5) is 5.13. The second-order valence-corrected chi connectivity index (χ2v) is 6.42. The molecule has 1 heterocycles. The van der Waals surface area contributed by atoms with Gasteiger partial charge in [-0.05, 0) is 54.7 Å². The Morgan fingerprint density at radius 3 is 2.58 bits per heavy atom. The van der Waals surface area contributed by atoms with E-state index in [-0.39, 0.29) is 0 Å². The summed E-state index contributed by atoms with van der Waals surface area (Å²) in [5, 5.41) is 0. The number of hydrogen-bond acceptors (Lipinski definition) is 2. The molecule has 100 valence electrons. The van der Waals surface area contributed by atoms with Gasteiger partial charge in [0, 0.05) is 23.0 Å². The van der Waals surface area contributed by atoms with E-state index in [1.807, 2.05) is 38.4 Å². The van der Waals surface area contributed by atoms with Crippen molar-refractivity contribution in [1.29, 1.82) is 0 Å². The molecule has 0 amide bonds. The highest BCUT2D eigenvalue weighted by Gasteiger charge is 2.07. The second-order valence-electron chi connectivity index (χ2n) is 4.71. The lowest BCUT2D eigenvalue weighted by atomic mass is 10.0. The molecular formula is C16H19NOS. The molecular weight excluding hydrogens is 254 g/mol. The Bertz CT molecular complexity index is 607. The largest absolute Gasteiger partial charge is 0.264 e. The molecule has 0 aliphatic rings. The minimum atomic E-state index is -0.873. The Kier molecular flexibility index (Phi) is 4.48. The van der Waals surface area contributed by atoms with Crippen LogP contribution in [0.25, 0.3) is 0 Å². The molecule has 0 spiro atoms. The molecule has 0 aliphatic carbocycles. The van der Waals surface area contributed by atoms with Gasteiger partial charge in [0.05, 0.1) is 10.8 Å². The molecule has 0 radical (unpaired) electrons. The third-order valence-corrected chi connectivity index (χ3v) is 4.76. The summed E-state index contributed by atoms with van der Waals surface area (Å²) in [6, 6.07) is 8.23. The van der Waals surface area contributed by atoms with Gasteiger partial charge in [-0.2, -0.15) is 0 Å². The number of benzene rings is 1. The lowest BCUT2D eigenvalue weighted by Crippen LogP contribution is -1.99. The molecule has 0 N–H and O–H groups in total. The molecule has 0 bridgehead atoms. The third kappa shape index (κ3) is 3.29.